The van der Waals surface area contributed by atoms with Crippen LogP contribution >= 0.6 is 23.2 Å². The number of anilines is 1. The highest BCUT2D eigenvalue weighted by molar-refractivity contribution is 6.40. The van der Waals surface area contributed by atoms with Crippen LogP contribution in [0.15, 0.2) is 36.5 Å². The molecule has 0 unspecified atom stereocenters. The number of aromatic nitrogens is 1. The molecule has 3 amide bonds. The number of hydrogen-bond acceptors (Lipinski definition) is 4. The zero-order valence-electron chi connectivity index (χ0n) is 16.7. The van der Waals surface area contributed by atoms with Crippen molar-refractivity contribution in [1.29, 1.82) is 0 Å². The molecule has 0 bridgehead atoms. The molecular weight excluding hydrogens is 427 g/mol. The minimum Gasteiger partial charge on any atom is -0.343 e. The molecule has 1 aliphatic carbocycles. The van der Waals surface area contributed by atoms with Crippen molar-refractivity contribution in [2.75, 3.05) is 19.4 Å². The van der Waals surface area contributed by atoms with E-state index in [1.165, 1.54) is 23.2 Å². The van der Waals surface area contributed by atoms with E-state index >= 15 is 0 Å². The van der Waals surface area contributed by atoms with Gasteiger partial charge in [0.1, 0.15) is 5.69 Å². The van der Waals surface area contributed by atoms with E-state index in [1.54, 1.807) is 26.2 Å². The molecule has 2 N–H and O–H groups in total. The van der Waals surface area contributed by atoms with Gasteiger partial charge in [-0.05, 0) is 55.5 Å². The second-order valence-electron chi connectivity index (χ2n) is 7.58. The maximum absolute atomic E-state index is 12.5. The van der Waals surface area contributed by atoms with E-state index in [4.69, 9.17) is 23.2 Å². The molecule has 2 aromatic rings. The van der Waals surface area contributed by atoms with Gasteiger partial charge < -0.3 is 15.5 Å². The topological polar surface area (TPSA) is 91.4 Å². The molecule has 0 atom stereocenters. The summed E-state index contributed by atoms with van der Waals surface area (Å²) in [7, 11) is 3.21. The number of carbonyl (C=O) groups is 3. The number of benzene rings is 1. The first-order valence-corrected chi connectivity index (χ1v) is 10.2. The van der Waals surface area contributed by atoms with Gasteiger partial charge in [0.05, 0.1) is 0 Å². The van der Waals surface area contributed by atoms with Crippen LogP contribution in [-0.2, 0) is 16.0 Å². The van der Waals surface area contributed by atoms with E-state index < -0.39 is 17.4 Å². The van der Waals surface area contributed by atoms with Gasteiger partial charge in [0.2, 0.25) is 0 Å². The van der Waals surface area contributed by atoms with E-state index in [2.05, 4.69) is 15.6 Å². The Bertz CT molecular complexity index is 990. The smallest absolute Gasteiger partial charge is 0.313 e. The maximum Gasteiger partial charge on any atom is 0.313 e. The number of rotatable bonds is 5. The zero-order valence-corrected chi connectivity index (χ0v) is 18.2. The minimum atomic E-state index is -0.807. The van der Waals surface area contributed by atoms with Crippen LogP contribution in [0.25, 0.3) is 0 Å². The average Bonchev–Trinajstić information content (AvgIpc) is 2.67. The van der Waals surface area contributed by atoms with Gasteiger partial charge in [-0.3, -0.25) is 19.4 Å². The van der Waals surface area contributed by atoms with Crippen LogP contribution in [0.2, 0.25) is 10.0 Å². The number of pyridine rings is 1. The van der Waals surface area contributed by atoms with E-state index in [1.807, 2.05) is 6.07 Å². The lowest BCUT2D eigenvalue weighted by atomic mass is 9.72. The summed E-state index contributed by atoms with van der Waals surface area (Å²) in [5.74, 6) is -1.85. The Morgan fingerprint density at radius 2 is 1.83 bits per heavy atom. The van der Waals surface area contributed by atoms with Crippen LogP contribution in [0, 0.1) is 0 Å². The van der Waals surface area contributed by atoms with Crippen molar-refractivity contribution in [2.24, 2.45) is 0 Å². The molecule has 1 saturated carbocycles. The molecule has 158 valence electrons. The van der Waals surface area contributed by atoms with Gasteiger partial charge in [-0.2, -0.15) is 0 Å². The lowest BCUT2D eigenvalue weighted by molar-refractivity contribution is -0.138. The molecule has 0 aliphatic heterocycles. The summed E-state index contributed by atoms with van der Waals surface area (Å²) in [4.78, 5) is 42.4. The molecule has 9 heteroatoms. The first-order valence-electron chi connectivity index (χ1n) is 9.44. The summed E-state index contributed by atoms with van der Waals surface area (Å²) in [5.41, 5.74) is 0.836. The third kappa shape index (κ3) is 5.09. The van der Waals surface area contributed by atoms with E-state index in [0.717, 1.165) is 24.8 Å². The fourth-order valence-corrected chi connectivity index (χ4v) is 3.79. The van der Waals surface area contributed by atoms with Crippen molar-refractivity contribution < 1.29 is 14.4 Å². The van der Waals surface area contributed by atoms with Gasteiger partial charge in [-0.25, -0.2) is 0 Å². The van der Waals surface area contributed by atoms with E-state index in [9.17, 15) is 14.4 Å². The predicted octanol–water partition coefficient (Wildman–Crippen LogP) is 3.31. The molecule has 1 aromatic heterocycles. The van der Waals surface area contributed by atoms with Gasteiger partial charge in [-0.15, -0.1) is 0 Å². The third-order valence-corrected chi connectivity index (χ3v) is 5.67. The second kappa shape index (κ2) is 9.02. The highest BCUT2D eigenvalue weighted by Gasteiger charge is 2.40. The Labute approximate surface area is 184 Å². The molecule has 1 aromatic carbocycles. The van der Waals surface area contributed by atoms with Crippen molar-refractivity contribution in [3.05, 3.63) is 57.8 Å². The fourth-order valence-electron chi connectivity index (χ4n) is 3.32. The predicted molar refractivity (Wildman–Crippen MR) is 116 cm³/mol. The van der Waals surface area contributed by atoms with Gasteiger partial charge in [0.15, 0.2) is 0 Å². The number of nitrogens with one attached hydrogen (secondary N) is 2. The number of amides is 3. The van der Waals surface area contributed by atoms with Gasteiger partial charge in [0.25, 0.3) is 5.91 Å². The summed E-state index contributed by atoms with van der Waals surface area (Å²) in [6.07, 6.45) is 4.37. The summed E-state index contributed by atoms with van der Waals surface area (Å²) in [6, 6.07) is 8.19. The quantitative estimate of drug-likeness (QED) is 0.686. The van der Waals surface area contributed by atoms with Gasteiger partial charge >= 0.3 is 11.8 Å². The molecule has 0 saturated heterocycles. The average molecular weight is 449 g/mol. The number of halogens is 2. The molecule has 0 spiro atoms. The van der Waals surface area contributed by atoms with Crippen LogP contribution in [-0.4, -0.2) is 47.2 Å². The molecule has 0 radical (unpaired) electrons. The van der Waals surface area contributed by atoms with E-state index in [-0.39, 0.29) is 11.6 Å². The zero-order chi connectivity index (χ0) is 21.9. The van der Waals surface area contributed by atoms with Crippen molar-refractivity contribution >= 4 is 46.6 Å². The van der Waals surface area contributed by atoms with Crippen LogP contribution in [0.1, 0.15) is 35.3 Å². The largest absolute Gasteiger partial charge is 0.343 e. The molecule has 1 fully saturated rings. The Morgan fingerprint density at radius 1 is 1.10 bits per heavy atom. The number of nitrogens with zero attached hydrogens (tertiary/aromatic N) is 2. The molecule has 7 nitrogen and oxygen atoms in total. The Balaban J connectivity index is 1.66. The molecule has 30 heavy (non-hydrogen) atoms. The van der Waals surface area contributed by atoms with Crippen molar-refractivity contribution in [1.82, 2.24) is 15.2 Å². The summed E-state index contributed by atoms with van der Waals surface area (Å²) in [6.45, 7) is 0. The fraction of sp³-hybridized carbons (Fsp3) is 0.333. The summed E-state index contributed by atoms with van der Waals surface area (Å²) >= 11 is 12.2. The molecule has 1 aliphatic rings. The Kier molecular flexibility index (Phi) is 6.63. The second-order valence-corrected chi connectivity index (χ2v) is 8.43. The van der Waals surface area contributed by atoms with Crippen molar-refractivity contribution in [3.8, 4) is 0 Å². The van der Waals surface area contributed by atoms with Crippen LogP contribution in [0.4, 0.5) is 5.69 Å². The van der Waals surface area contributed by atoms with Crippen molar-refractivity contribution in [3.63, 3.8) is 0 Å². The highest BCUT2D eigenvalue weighted by Crippen LogP contribution is 2.37. The van der Waals surface area contributed by atoms with Crippen LogP contribution in [0.3, 0.4) is 0 Å². The van der Waals surface area contributed by atoms with Gasteiger partial charge in [-0.1, -0.05) is 29.3 Å². The maximum atomic E-state index is 12.5. The van der Waals surface area contributed by atoms with Crippen LogP contribution < -0.4 is 10.6 Å². The third-order valence-electron chi connectivity index (χ3n) is 5.08. The summed E-state index contributed by atoms with van der Waals surface area (Å²) in [5, 5.41) is 6.46. The Morgan fingerprint density at radius 3 is 2.43 bits per heavy atom. The highest BCUT2D eigenvalue weighted by atomic mass is 35.5. The Hall–Kier alpha value is -2.64. The number of carbonyl (C=O) groups excluding carboxylic acids is 3. The van der Waals surface area contributed by atoms with E-state index in [0.29, 0.717) is 22.2 Å². The van der Waals surface area contributed by atoms with Crippen LogP contribution in [0.5, 0.6) is 0 Å². The number of hydrogen-bond donors (Lipinski definition) is 2. The molecular formula is C21H22Cl2N4O3. The molecule has 1 heterocycles. The normalized spacial score (nSPS) is 14.4. The first kappa shape index (κ1) is 22.1. The minimum absolute atomic E-state index is 0.172. The SMILES string of the molecule is CN(C)C(=O)c1cc(NC(=O)C(=O)NC2(Cc3ccc(Cl)cc3Cl)CCC2)ccn1. The lowest BCUT2D eigenvalue weighted by Crippen LogP contribution is -2.57. The lowest BCUT2D eigenvalue weighted by Gasteiger charge is -2.42. The van der Waals surface area contributed by atoms with Crippen molar-refractivity contribution in [2.45, 2.75) is 31.2 Å². The standard InChI is InChI=1S/C21H22Cl2N4O3/c1-27(2)20(30)17-11-15(6-9-24-17)25-18(28)19(29)26-21(7-3-8-21)12-13-4-5-14(22)10-16(13)23/h4-6,9-11H,3,7-8,12H2,1-2H3,(H,26,29)(H,24,25,28). The summed E-state index contributed by atoms with van der Waals surface area (Å²) < 4.78 is 0. The monoisotopic (exact) mass is 448 g/mol. The first-order chi connectivity index (χ1) is 14.2. The van der Waals surface area contributed by atoms with Gasteiger partial charge in [0, 0.05) is 41.6 Å². The molecule has 3 rings (SSSR count).